The third-order valence-electron chi connectivity index (χ3n) is 7.41. The van der Waals surface area contributed by atoms with Crippen LogP contribution in [0.1, 0.15) is 117 Å². The van der Waals surface area contributed by atoms with E-state index in [2.05, 4.69) is 146 Å². The maximum Gasteiger partial charge on any atom is 0.328 e. The first-order valence-corrected chi connectivity index (χ1v) is 19.6. The van der Waals surface area contributed by atoms with Gasteiger partial charge in [-0.3, -0.25) is 9.59 Å². The summed E-state index contributed by atoms with van der Waals surface area (Å²) in [6, 6.07) is -1.16. The summed E-state index contributed by atoms with van der Waals surface area (Å²) in [5.41, 5.74) is 0. The number of aliphatic carboxylic acids is 1. The molecule has 0 aromatic carbocycles. The van der Waals surface area contributed by atoms with E-state index in [1.165, 1.54) is 0 Å². The molecule has 1 atom stereocenters. The van der Waals surface area contributed by atoms with E-state index in [1.54, 1.807) is 0 Å². The van der Waals surface area contributed by atoms with Crippen LogP contribution in [0, 0.1) is 0 Å². The Morgan fingerprint density at radius 2 is 0.679 bits per heavy atom. The number of hydrogen-bond donors (Lipinski definition) is 3. The van der Waals surface area contributed by atoms with Gasteiger partial charge in [-0.15, -0.1) is 0 Å². The topological polar surface area (TPSA) is 95.5 Å². The Balaban J connectivity index is 3.99. The molecule has 0 aliphatic rings. The van der Waals surface area contributed by atoms with Crippen molar-refractivity contribution in [1.29, 1.82) is 0 Å². The first-order chi connectivity index (χ1) is 26.0. The number of hydrogen-bond acceptors (Lipinski definition) is 3. The predicted octanol–water partition coefficient (Wildman–Crippen LogP) is 11.6. The largest absolute Gasteiger partial charge is 0.480 e. The third-order valence-corrected chi connectivity index (χ3v) is 7.41. The molecule has 0 heterocycles. The van der Waals surface area contributed by atoms with Gasteiger partial charge >= 0.3 is 5.97 Å². The van der Waals surface area contributed by atoms with Crippen molar-refractivity contribution in [2.75, 3.05) is 6.54 Å². The van der Waals surface area contributed by atoms with E-state index in [9.17, 15) is 19.5 Å². The standard InChI is InChI=1S/C47H68N2O4/c1-3-5-7-9-11-13-15-17-19-21-23-25-27-29-31-33-35-37-39-41-45(50)48-43-44(47(52)53)49-46(51)42-40-38-36-34-32-30-28-26-24-22-20-18-16-14-12-10-8-6-4-2/h5-8,11-14,17-20,23-26,29-32,35-38,44H,3-4,9-10,15-16,21-22,27-28,33-34,39-43H2,1-2H3,(H,48,50)(H,49,51)(H,52,53)/t44-/m0/s1. The minimum atomic E-state index is -1.18. The van der Waals surface area contributed by atoms with E-state index in [0.717, 1.165) is 77.0 Å². The molecule has 0 radical (unpaired) electrons. The van der Waals surface area contributed by atoms with Crippen LogP contribution >= 0.6 is 0 Å². The molecule has 0 spiro atoms. The summed E-state index contributed by atoms with van der Waals surface area (Å²) in [6.07, 6.45) is 64.0. The number of allylic oxidation sites excluding steroid dienone is 24. The van der Waals surface area contributed by atoms with Gasteiger partial charge in [0.2, 0.25) is 11.8 Å². The summed E-state index contributed by atoms with van der Waals surface area (Å²) < 4.78 is 0. The van der Waals surface area contributed by atoms with Gasteiger partial charge in [0.1, 0.15) is 6.04 Å². The van der Waals surface area contributed by atoms with Gasteiger partial charge in [0.25, 0.3) is 0 Å². The molecule has 0 fully saturated rings. The molecule has 2 amide bonds. The van der Waals surface area contributed by atoms with E-state index >= 15 is 0 Å². The van der Waals surface area contributed by atoms with Gasteiger partial charge in [-0.25, -0.2) is 4.79 Å². The molecule has 0 aromatic rings. The zero-order chi connectivity index (χ0) is 38.7. The van der Waals surface area contributed by atoms with E-state index in [0.29, 0.717) is 12.8 Å². The summed E-state index contributed by atoms with van der Waals surface area (Å²) in [5, 5.41) is 14.6. The van der Waals surface area contributed by atoms with Crippen molar-refractivity contribution in [3.63, 3.8) is 0 Å². The average molecular weight is 725 g/mol. The Bertz CT molecular complexity index is 1300. The first kappa shape index (κ1) is 48.3. The number of nitrogens with one attached hydrogen (secondary N) is 2. The summed E-state index contributed by atoms with van der Waals surface area (Å²) in [7, 11) is 0. The van der Waals surface area contributed by atoms with Crippen LogP contribution in [0.5, 0.6) is 0 Å². The maximum atomic E-state index is 12.3. The van der Waals surface area contributed by atoms with Gasteiger partial charge < -0.3 is 15.7 Å². The number of carbonyl (C=O) groups excluding carboxylic acids is 2. The molecule has 0 aliphatic heterocycles. The molecule has 0 aromatic heterocycles. The highest BCUT2D eigenvalue weighted by atomic mass is 16.4. The van der Waals surface area contributed by atoms with Gasteiger partial charge in [-0.1, -0.05) is 160 Å². The van der Waals surface area contributed by atoms with E-state index in [4.69, 9.17) is 0 Å². The first-order valence-electron chi connectivity index (χ1n) is 19.6. The fourth-order valence-corrected chi connectivity index (χ4v) is 4.48. The molecule has 0 bridgehead atoms. The van der Waals surface area contributed by atoms with Crippen LogP contribution in [0.25, 0.3) is 0 Å². The summed E-state index contributed by atoms with van der Waals surface area (Å²) in [4.78, 5) is 36.1. The molecule has 0 unspecified atom stereocenters. The quantitative estimate of drug-likeness (QED) is 0.0602. The smallest absolute Gasteiger partial charge is 0.328 e. The SMILES string of the molecule is CCC=CCC=CCC=CCC=CCC=CCC=CCCC(=O)NC[C@H](NC(=O)CCC=CCC=CCC=CCC=CCC=CCC=CCC)C(=O)O. The van der Waals surface area contributed by atoms with Crippen molar-refractivity contribution in [3.8, 4) is 0 Å². The molecular weight excluding hydrogens is 657 g/mol. The van der Waals surface area contributed by atoms with Crippen LogP contribution in [0.4, 0.5) is 0 Å². The van der Waals surface area contributed by atoms with E-state index in [-0.39, 0.29) is 31.2 Å². The zero-order valence-electron chi connectivity index (χ0n) is 32.6. The lowest BCUT2D eigenvalue weighted by Gasteiger charge is -2.15. The van der Waals surface area contributed by atoms with Crippen LogP contribution in [-0.2, 0) is 14.4 Å². The second kappa shape index (κ2) is 40.1. The van der Waals surface area contributed by atoms with Gasteiger partial charge in [-0.05, 0) is 89.9 Å². The lowest BCUT2D eigenvalue weighted by molar-refractivity contribution is -0.141. The van der Waals surface area contributed by atoms with Crippen molar-refractivity contribution in [3.05, 3.63) is 146 Å². The number of carbonyl (C=O) groups is 3. The Labute approximate surface area is 322 Å². The molecule has 6 nitrogen and oxygen atoms in total. The van der Waals surface area contributed by atoms with E-state index < -0.39 is 12.0 Å². The van der Waals surface area contributed by atoms with Gasteiger partial charge in [0, 0.05) is 19.4 Å². The highest BCUT2D eigenvalue weighted by Gasteiger charge is 2.20. The van der Waals surface area contributed by atoms with Crippen molar-refractivity contribution < 1.29 is 19.5 Å². The number of carboxylic acids is 1. The average Bonchev–Trinajstić information content (AvgIpc) is 3.15. The molecule has 3 N–H and O–H groups in total. The highest BCUT2D eigenvalue weighted by Crippen LogP contribution is 2.00. The molecule has 0 aliphatic carbocycles. The van der Waals surface area contributed by atoms with Crippen molar-refractivity contribution in [1.82, 2.24) is 10.6 Å². The Hall–Kier alpha value is -4.71. The van der Waals surface area contributed by atoms with E-state index in [1.807, 2.05) is 24.3 Å². The minimum absolute atomic E-state index is 0.149. The van der Waals surface area contributed by atoms with Gasteiger partial charge in [0.05, 0.1) is 0 Å². The third kappa shape index (κ3) is 38.4. The highest BCUT2D eigenvalue weighted by molar-refractivity contribution is 5.84. The van der Waals surface area contributed by atoms with Crippen LogP contribution in [0.3, 0.4) is 0 Å². The zero-order valence-corrected chi connectivity index (χ0v) is 32.6. The molecule has 0 saturated heterocycles. The van der Waals surface area contributed by atoms with Crippen LogP contribution in [0.2, 0.25) is 0 Å². The molecule has 6 heteroatoms. The van der Waals surface area contributed by atoms with Crippen LogP contribution < -0.4 is 10.6 Å². The molecule has 0 rings (SSSR count). The fraction of sp³-hybridized carbons (Fsp3) is 0.426. The predicted molar refractivity (Wildman–Crippen MR) is 227 cm³/mol. The Kier molecular flexibility index (Phi) is 36.5. The molecule has 0 saturated carbocycles. The lowest BCUT2D eigenvalue weighted by Crippen LogP contribution is -2.48. The normalized spacial score (nSPS) is 13.7. The minimum Gasteiger partial charge on any atom is -0.480 e. The van der Waals surface area contributed by atoms with Crippen molar-refractivity contribution in [2.24, 2.45) is 0 Å². The number of carboxylic acid groups (broad SMARTS) is 1. The van der Waals surface area contributed by atoms with Crippen molar-refractivity contribution in [2.45, 2.75) is 123 Å². The van der Waals surface area contributed by atoms with Crippen molar-refractivity contribution >= 4 is 17.8 Å². The number of rotatable bonds is 32. The number of amides is 2. The van der Waals surface area contributed by atoms with Gasteiger partial charge in [0.15, 0.2) is 0 Å². The molecular formula is C47H68N2O4. The Morgan fingerprint density at radius 3 is 0.962 bits per heavy atom. The molecule has 290 valence electrons. The van der Waals surface area contributed by atoms with Crippen LogP contribution in [-0.4, -0.2) is 35.5 Å². The summed E-state index contributed by atoms with van der Waals surface area (Å²) in [5.74, 6) is -1.78. The lowest BCUT2D eigenvalue weighted by atomic mass is 10.2. The summed E-state index contributed by atoms with van der Waals surface area (Å²) >= 11 is 0. The second-order valence-corrected chi connectivity index (χ2v) is 12.2. The molecule has 53 heavy (non-hydrogen) atoms. The second-order valence-electron chi connectivity index (χ2n) is 12.2. The van der Waals surface area contributed by atoms with Gasteiger partial charge in [-0.2, -0.15) is 0 Å². The van der Waals surface area contributed by atoms with Crippen LogP contribution in [0.15, 0.2) is 146 Å². The monoisotopic (exact) mass is 725 g/mol. The summed E-state index contributed by atoms with van der Waals surface area (Å²) in [6.45, 7) is 4.13. The Morgan fingerprint density at radius 1 is 0.415 bits per heavy atom. The maximum absolute atomic E-state index is 12.3. The fourth-order valence-electron chi connectivity index (χ4n) is 4.48.